The van der Waals surface area contributed by atoms with Gasteiger partial charge in [-0.15, -0.1) is 0 Å². The zero-order valence-electron chi connectivity index (χ0n) is 10.2. The predicted molar refractivity (Wildman–Crippen MR) is 64.3 cm³/mol. The Bertz CT molecular complexity index is 370. The first-order valence-electron chi connectivity index (χ1n) is 6.19. The van der Waals surface area contributed by atoms with Gasteiger partial charge in [0.05, 0.1) is 23.7 Å². The van der Waals surface area contributed by atoms with Crippen molar-refractivity contribution in [3.05, 3.63) is 0 Å². The minimum absolute atomic E-state index is 0.00843. The molecule has 0 aromatic rings. The highest BCUT2D eigenvalue weighted by atomic mass is 32.2. The Morgan fingerprint density at radius 1 is 1.47 bits per heavy atom. The molecule has 2 aliphatic heterocycles. The SMILES string of the molecule is CC1(CC2CCCS2(=O)=O)OCC(CCN)O1. The summed E-state index contributed by atoms with van der Waals surface area (Å²) < 4.78 is 34.9. The van der Waals surface area contributed by atoms with E-state index < -0.39 is 15.6 Å². The van der Waals surface area contributed by atoms with E-state index in [1.807, 2.05) is 6.92 Å². The average Bonchev–Trinajstić information content (AvgIpc) is 2.73. The summed E-state index contributed by atoms with van der Waals surface area (Å²) in [4.78, 5) is 0. The zero-order chi connectivity index (χ0) is 12.5. The van der Waals surface area contributed by atoms with Crippen LogP contribution in [-0.4, -0.2) is 44.5 Å². The monoisotopic (exact) mass is 263 g/mol. The molecule has 0 aromatic heterocycles. The Hall–Kier alpha value is -0.170. The van der Waals surface area contributed by atoms with E-state index in [0.717, 1.165) is 19.3 Å². The highest BCUT2D eigenvalue weighted by Gasteiger charge is 2.43. The molecule has 0 bridgehead atoms. The summed E-state index contributed by atoms with van der Waals surface area (Å²) in [5, 5.41) is -0.302. The first-order valence-corrected chi connectivity index (χ1v) is 7.90. The molecule has 0 aromatic carbocycles. The molecule has 2 N–H and O–H groups in total. The van der Waals surface area contributed by atoms with Crippen LogP contribution >= 0.6 is 0 Å². The van der Waals surface area contributed by atoms with Crippen LogP contribution in [0.2, 0.25) is 0 Å². The van der Waals surface area contributed by atoms with E-state index in [1.165, 1.54) is 0 Å². The van der Waals surface area contributed by atoms with Gasteiger partial charge in [-0.25, -0.2) is 8.42 Å². The largest absolute Gasteiger partial charge is 0.347 e. The molecule has 2 aliphatic rings. The maximum Gasteiger partial charge on any atom is 0.167 e. The maximum absolute atomic E-state index is 11.8. The summed E-state index contributed by atoms with van der Waals surface area (Å²) in [6.45, 7) is 2.91. The smallest absolute Gasteiger partial charge is 0.167 e. The lowest BCUT2D eigenvalue weighted by atomic mass is 10.1. The van der Waals surface area contributed by atoms with Crippen LogP contribution in [0.5, 0.6) is 0 Å². The maximum atomic E-state index is 11.8. The van der Waals surface area contributed by atoms with E-state index in [4.69, 9.17) is 15.2 Å². The van der Waals surface area contributed by atoms with Gasteiger partial charge in [0.1, 0.15) is 0 Å². The van der Waals surface area contributed by atoms with E-state index in [-0.39, 0.29) is 11.4 Å². The first kappa shape index (κ1) is 13.3. The van der Waals surface area contributed by atoms with Crippen LogP contribution in [0.25, 0.3) is 0 Å². The van der Waals surface area contributed by atoms with Crippen LogP contribution in [0.1, 0.15) is 32.6 Å². The molecular weight excluding hydrogens is 242 g/mol. The van der Waals surface area contributed by atoms with Gasteiger partial charge in [0, 0.05) is 6.42 Å². The van der Waals surface area contributed by atoms with Crippen molar-refractivity contribution < 1.29 is 17.9 Å². The molecule has 2 rings (SSSR count). The Morgan fingerprint density at radius 3 is 2.82 bits per heavy atom. The molecule has 0 radical (unpaired) electrons. The fourth-order valence-electron chi connectivity index (χ4n) is 2.63. The van der Waals surface area contributed by atoms with E-state index in [2.05, 4.69) is 0 Å². The number of hydrogen-bond donors (Lipinski definition) is 1. The highest BCUT2D eigenvalue weighted by molar-refractivity contribution is 7.92. The standard InChI is InChI=1S/C11H21NO4S/c1-11(15-8-9(16-11)4-5-12)7-10-3-2-6-17(10,13)14/h9-10H,2-8,12H2,1H3. The fraction of sp³-hybridized carbons (Fsp3) is 1.00. The van der Waals surface area contributed by atoms with E-state index in [0.29, 0.717) is 25.3 Å². The van der Waals surface area contributed by atoms with Gasteiger partial charge in [-0.05, 0) is 32.7 Å². The first-order chi connectivity index (χ1) is 7.95. The van der Waals surface area contributed by atoms with Gasteiger partial charge in [-0.2, -0.15) is 0 Å². The van der Waals surface area contributed by atoms with E-state index in [1.54, 1.807) is 0 Å². The normalized spacial score (nSPS) is 40.8. The molecule has 100 valence electrons. The minimum Gasteiger partial charge on any atom is -0.347 e. The van der Waals surface area contributed by atoms with Crippen molar-refractivity contribution in [1.82, 2.24) is 0 Å². The predicted octanol–water partition coefficient (Wildman–Crippen LogP) is 0.434. The summed E-state index contributed by atoms with van der Waals surface area (Å²) in [7, 11) is -2.93. The second-order valence-corrected chi connectivity index (χ2v) is 7.50. The van der Waals surface area contributed by atoms with Crippen LogP contribution in [0, 0.1) is 0 Å². The Morgan fingerprint density at radius 2 is 2.24 bits per heavy atom. The van der Waals surface area contributed by atoms with Gasteiger partial charge in [-0.1, -0.05) is 0 Å². The molecule has 0 amide bonds. The number of nitrogens with two attached hydrogens (primary N) is 1. The van der Waals surface area contributed by atoms with Gasteiger partial charge < -0.3 is 15.2 Å². The topological polar surface area (TPSA) is 78.6 Å². The van der Waals surface area contributed by atoms with Gasteiger partial charge in [0.2, 0.25) is 0 Å². The van der Waals surface area contributed by atoms with Gasteiger partial charge in [0.25, 0.3) is 0 Å². The number of sulfone groups is 1. The van der Waals surface area contributed by atoms with Crippen LogP contribution in [0.4, 0.5) is 0 Å². The second kappa shape index (κ2) is 4.84. The molecule has 6 heteroatoms. The Balaban J connectivity index is 1.95. The summed E-state index contributed by atoms with van der Waals surface area (Å²) in [6, 6.07) is 0. The number of rotatable bonds is 4. The molecule has 0 spiro atoms. The molecule has 17 heavy (non-hydrogen) atoms. The summed E-state index contributed by atoms with van der Waals surface area (Å²) in [6.07, 6.45) is 2.69. The van der Waals surface area contributed by atoms with Crippen molar-refractivity contribution in [3.63, 3.8) is 0 Å². The van der Waals surface area contributed by atoms with Crippen molar-refractivity contribution in [2.24, 2.45) is 5.73 Å². The summed E-state index contributed by atoms with van der Waals surface area (Å²) >= 11 is 0. The van der Waals surface area contributed by atoms with Crippen LogP contribution in [0.3, 0.4) is 0 Å². The van der Waals surface area contributed by atoms with Gasteiger partial charge >= 0.3 is 0 Å². The molecule has 0 aliphatic carbocycles. The third-order valence-corrected chi connectivity index (χ3v) is 5.82. The summed E-state index contributed by atoms with van der Waals surface area (Å²) in [5.74, 6) is -0.443. The lowest BCUT2D eigenvalue weighted by Gasteiger charge is -2.26. The molecule has 3 unspecified atom stereocenters. The quantitative estimate of drug-likeness (QED) is 0.796. The van der Waals surface area contributed by atoms with Crippen LogP contribution in [0.15, 0.2) is 0 Å². The Kier molecular flexibility index (Phi) is 3.77. The van der Waals surface area contributed by atoms with Crippen LogP contribution in [-0.2, 0) is 19.3 Å². The van der Waals surface area contributed by atoms with E-state index in [9.17, 15) is 8.42 Å². The van der Waals surface area contributed by atoms with Gasteiger partial charge in [0.15, 0.2) is 15.6 Å². The second-order valence-electron chi connectivity index (χ2n) is 5.10. The third kappa shape index (κ3) is 2.99. The van der Waals surface area contributed by atoms with Crippen molar-refractivity contribution >= 4 is 9.84 Å². The lowest BCUT2D eigenvalue weighted by molar-refractivity contribution is -0.158. The van der Waals surface area contributed by atoms with E-state index >= 15 is 0 Å². The average molecular weight is 263 g/mol. The minimum atomic E-state index is -2.93. The van der Waals surface area contributed by atoms with Crippen LogP contribution < -0.4 is 5.73 Å². The van der Waals surface area contributed by atoms with Crippen molar-refractivity contribution in [1.29, 1.82) is 0 Å². The molecule has 0 saturated carbocycles. The molecular formula is C11H21NO4S. The van der Waals surface area contributed by atoms with Crippen molar-refractivity contribution in [2.75, 3.05) is 18.9 Å². The highest BCUT2D eigenvalue weighted by Crippen LogP contribution is 2.34. The van der Waals surface area contributed by atoms with Crippen molar-refractivity contribution in [2.45, 2.75) is 49.7 Å². The molecule has 3 atom stereocenters. The molecule has 2 heterocycles. The Labute approximate surface area is 103 Å². The lowest BCUT2D eigenvalue weighted by Crippen LogP contribution is -2.34. The van der Waals surface area contributed by atoms with Gasteiger partial charge in [-0.3, -0.25) is 0 Å². The molecule has 2 fully saturated rings. The zero-order valence-corrected chi connectivity index (χ0v) is 11.0. The number of hydrogen-bond acceptors (Lipinski definition) is 5. The van der Waals surface area contributed by atoms with Crippen molar-refractivity contribution in [3.8, 4) is 0 Å². The summed E-state index contributed by atoms with van der Waals surface area (Å²) in [5.41, 5.74) is 5.47. The number of ether oxygens (including phenoxy) is 2. The molecule has 2 saturated heterocycles. The fourth-order valence-corrected chi connectivity index (χ4v) is 4.61. The third-order valence-electron chi connectivity index (χ3n) is 3.54. The molecule has 5 nitrogen and oxygen atoms in total.